The summed E-state index contributed by atoms with van der Waals surface area (Å²) in [4.78, 5) is 0.245. The molecular formula is C12H17BrN2O2S. The van der Waals surface area contributed by atoms with Gasteiger partial charge in [0.25, 0.3) is 0 Å². The van der Waals surface area contributed by atoms with Crippen molar-refractivity contribution in [2.24, 2.45) is 5.92 Å². The lowest BCUT2D eigenvalue weighted by molar-refractivity contribution is 0.519. The average Bonchev–Trinajstić information content (AvgIpc) is 2.78. The van der Waals surface area contributed by atoms with Gasteiger partial charge in [0.15, 0.2) is 0 Å². The first-order valence-corrected chi connectivity index (χ1v) is 8.31. The lowest BCUT2D eigenvalue weighted by Crippen LogP contribution is -2.28. The van der Waals surface area contributed by atoms with Gasteiger partial charge in [0.1, 0.15) is 0 Å². The standard InChI is InChI=1S/C12H17BrN2O2S/c13-11-7-10(14)5-6-12(11)18(16,17)15-8-9-3-1-2-4-9/h5-7,9,15H,1-4,8,14H2. The summed E-state index contributed by atoms with van der Waals surface area (Å²) in [6.07, 6.45) is 4.65. The Bertz CT molecular complexity index is 525. The number of rotatable bonds is 4. The molecule has 1 aromatic carbocycles. The van der Waals surface area contributed by atoms with E-state index in [0.29, 0.717) is 22.6 Å². The van der Waals surface area contributed by atoms with E-state index in [9.17, 15) is 8.42 Å². The van der Waals surface area contributed by atoms with Crippen molar-refractivity contribution in [2.45, 2.75) is 30.6 Å². The van der Waals surface area contributed by atoms with E-state index in [1.165, 1.54) is 18.9 Å². The minimum Gasteiger partial charge on any atom is -0.399 e. The fourth-order valence-electron chi connectivity index (χ4n) is 2.25. The van der Waals surface area contributed by atoms with Crippen molar-refractivity contribution in [2.75, 3.05) is 12.3 Å². The first-order valence-electron chi connectivity index (χ1n) is 6.04. The molecule has 0 radical (unpaired) electrons. The number of hydrogen-bond donors (Lipinski definition) is 2. The molecular weight excluding hydrogens is 316 g/mol. The Morgan fingerprint density at radius 3 is 2.61 bits per heavy atom. The Balaban J connectivity index is 2.09. The van der Waals surface area contributed by atoms with E-state index >= 15 is 0 Å². The molecule has 0 amide bonds. The highest BCUT2D eigenvalue weighted by atomic mass is 79.9. The normalized spacial score (nSPS) is 17.2. The highest BCUT2D eigenvalue weighted by Gasteiger charge is 2.21. The zero-order valence-electron chi connectivity index (χ0n) is 10.0. The number of halogens is 1. The summed E-state index contributed by atoms with van der Waals surface area (Å²) in [5, 5.41) is 0. The van der Waals surface area contributed by atoms with Crippen molar-refractivity contribution in [3.05, 3.63) is 22.7 Å². The van der Waals surface area contributed by atoms with Gasteiger partial charge in [0.2, 0.25) is 10.0 Å². The van der Waals surface area contributed by atoms with Crippen LogP contribution in [0.25, 0.3) is 0 Å². The lowest BCUT2D eigenvalue weighted by atomic mass is 10.1. The van der Waals surface area contributed by atoms with Gasteiger partial charge in [-0.05, 0) is 52.9 Å². The highest BCUT2D eigenvalue weighted by Crippen LogP contribution is 2.26. The Morgan fingerprint density at radius 2 is 2.00 bits per heavy atom. The quantitative estimate of drug-likeness (QED) is 0.832. The van der Waals surface area contributed by atoms with Gasteiger partial charge in [-0.25, -0.2) is 13.1 Å². The topological polar surface area (TPSA) is 72.2 Å². The second-order valence-corrected chi connectivity index (χ2v) is 7.28. The molecule has 0 bridgehead atoms. The zero-order chi connectivity index (χ0) is 13.2. The van der Waals surface area contributed by atoms with Gasteiger partial charge in [-0.2, -0.15) is 0 Å². The summed E-state index contributed by atoms with van der Waals surface area (Å²) in [6.45, 7) is 0.527. The number of anilines is 1. The van der Waals surface area contributed by atoms with E-state index < -0.39 is 10.0 Å². The molecule has 4 nitrogen and oxygen atoms in total. The van der Waals surface area contributed by atoms with Gasteiger partial charge in [0, 0.05) is 16.7 Å². The van der Waals surface area contributed by atoms with E-state index in [2.05, 4.69) is 20.7 Å². The first kappa shape index (κ1) is 13.8. The van der Waals surface area contributed by atoms with E-state index in [-0.39, 0.29) is 4.90 Å². The minimum atomic E-state index is -3.45. The first-order chi connectivity index (χ1) is 8.49. The van der Waals surface area contributed by atoms with Crippen molar-refractivity contribution < 1.29 is 8.42 Å². The third-order valence-electron chi connectivity index (χ3n) is 3.28. The van der Waals surface area contributed by atoms with Crippen molar-refractivity contribution in [3.63, 3.8) is 0 Å². The van der Waals surface area contributed by atoms with Crippen LogP contribution in [0.4, 0.5) is 5.69 Å². The van der Waals surface area contributed by atoms with E-state index in [0.717, 1.165) is 12.8 Å². The van der Waals surface area contributed by atoms with Crippen molar-refractivity contribution in [1.82, 2.24) is 4.72 Å². The van der Waals surface area contributed by atoms with Crippen LogP contribution in [-0.2, 0) is 10.0 Å². The third kappa shape index (κ3) is 3.24. The minimum absolute atomic E-state index is 0.245. The van der Waals surface area contributed by atoms with Crippen LogP contribution >= 0.6 is 15.9 Å². The largest absolute Gasteiger partial charge is 0.399 e. The van der Waals surface area contributed by atoms with Crippen LogP contribution in [0.5, 0.6) is 0 Å². The molecule has 1 saturated carbocycles. The van der Waals surface area contributed by atoms with Gasteiger partial charge >= 0.3 is 0 Å². The predicted octanol–water partition coefficient (Wildman–Crippen LogP) is 2.50. The monoisotopic (exact) mass is 332 g/mol. The van der Waals surface area contributed by atoms with E-state index in [1.807, 2.05) is 0 Å². The smallest absolute Gasteiger partial charge is 0.241 e. The van der Waals surface area contributed by atoms with Crippen molar-refractivity contribution >= 4 is 31.6 Å². The van der Waals surface area contributed by atoms with Crippen molar-refractivity contribution in [3.8, 4) is 0 Å². The molecule has 1 aliphatic carbocycles. The molecule has 6 heteroatoms. The highest BCUT2D eigenvalue weighted by molar-refractivity contribution is 9.10. The van der Waals surface area contributed by atoms with E-state index in [4.69, 9.17) is 5.73 Å². The molecule has 1 aliphatic rings. The van der Waals surface area contributed by atoms with Crippen LogP contribution < -0.4 is 10.5 Å². The number of nitrogens with two attached hydrogens (primary N) is 1. The number of nitrogens with one attached hydrogen (secondary N) is 1. The van der Waals surface area contributed by atoms with Crippen molar-refractivity contribution in [1.29, 1.82) is 0 Å². The molecule has 1 aromatic rings. The van der Waals surface area contributed by atoms with Gasteiger partial charge < -0.3 is 5.73 Å². The number of sulfonamides is 1. The molecule has 18 heavy (non-hydrogen) atoms. The average molecular weight is 333 g/mol. The summed E-state index contributed by atoms with van der Waals surface area (Å²) in [7, 11) is -3.45. The van der Waals surface area contributed by atoms with E-state index in [1.54, 1.807) is 12.1 Å². The van der Waals surface area contributed by atoms with Gasteiger partial charge in [0.05, 0.1) is 4.90 Å². The molecule has 0 saturated heterocycles. The molecule has 100 valence electrons. The molecule has 3 N–H and O–H groups in total. The molecule has 0 aliphatic heterocycles. The van der Waals surface area contributed by atoms with Gasteiger partial charge in [-0.15, -0.1) is 0 Å². The predicted molar refractivity (Wildman–Crippen MR) is 75.7 cm³/mol. The summed E-state index contributed by atoms with van der Waals surface area (Å²) < 4.78 is 27.5. The number of nitrogen functional groups attached to an aromatic ring is 1. The summed E-state index contributed by atoms with van der Waals surface area (Å²) >= 11 is 3.24. The Kier molecular flexibility index (Phi) is 4.29. The van der Waals surface area contributed by atoms with Crippen LogP contribution in [0, 0.1) is 5.92 Å². The molecule has 0 spiro atoms. The Morgan fingerprint density at radius 1 is 1.33 bits per heavy atom. The second-order valence-electron chi connectivity index (χ2n) is 4.69. The maximum absolute atomic E-state index is 12.1. The van der Waals surface area contributed by atoms with Crippen LogP contribution in [-0.4, -0.2) is 15.0 Å². The third-order valence-corrected chi connectivity index (χ3v) is 5.68. The Labute approximate surface area is 116 Å². The Hall–Kier alpha value is -0.590. The lowest BCUT2D eigenvalue weighted by Gasteiger charge is -2.12. The molecule has 2 rings (SSSR count). The summed E-state index contributed by atoms with van der Waals surface area (Å²) in [6, 6.07) is 4.72. The second kappa shape index (κ2) is 5.59. The fourth-order valence-corrected chi connectivity index (χ4v) is 4.46. The molecule has 1 fully saturated rings. The van der Waals surface area contributed by atoms with Crippen LogP contribution in [0.2, 0.25) is 0 Å². The summed E-state index contributed by atoms with van der Waals surface area (Å²) in [5.74, 6) is 0.479. The van der Waals surface area contributed by atoms with Crippen LogP contribution in [0.1, 0.15) is 25.7 Å². The van der Waals surface area contributed by atoms with Gasteiger partial charge in [-0.3, -0.25) is 0 Å². The van der Waals surface area contributed by atoms with Crippen LogP contribution in [0.15, 0.2) is 27.6 Å². The SMILES string of the molecule is Nc1ccc(S(=O)(=O)NCC2CCCC2)c(Br)c1. The number of hydrogen-bond acceptors (Lipinski definition) is 3. The van der Waals surface area contributed by atoms with Gasteiger partial charge in [-0.1, -0.05) is 12.8 Å². The number of benzene rings is 1. The summed E-state index contributed by atoms with van der Waals surface area (Å²) in [5.41, 5.74) is 6.14. The molecule has 0 atom stereocenters. The maximum Gasteiger partial charge on any atom is 0.241 e. The molecule has 0 aromatic heterocycles. The maximum atomic E-state index is 12.1. The molecule has 0 unspecified atom stereocenters. The zero-order valence-corrected chi connectivity index (χ0v) is 12.4. The molecule has 0 heterocycles. The fraction of sp³-hybridized carbons (Fsp3) is 0.500. The van der Waals surface area contributed by atoms with Crippen LogP contribution in [0.3, 0.4) is 0 Å².